The van der Waals surface area contributed by atoms with Crippen molar-refractivity contribution in [1.82, 2.24) is 0 Å². The lowest BCUT2D eigenvalue weighted by Crippen LogP contribution is -2.34. The average molecular weight is 461 g/mol. The molecule has 0 aromatic heterocycles. The molecule has 0 amide bonds. The first kappa shape index (κ1) is 25.1. The lowest BCUT2D eigenvalue weighted by atomic mass is 9.65. The molecule has 3 aliphatic carbocycles. The van der Waals surface area contributed by atoms with Crippen molar-refractivity contribution < 1.29 is 13.5 Å². The van der Waals surface area contributed by atoms with E-state index < -0.39 is 0 Å². The summed E-state index contributed by atoms with van der Waals surface area (Å²) in [5, 5.41) is 0. The molecule has 2 fully saturated rings. The number of rotatable bonds is 10. The van der Waals surface area contributed by atoms with Crippen molar-refractivity contribution in [1.29, 1.82) is 0 Å². The van der Waals surface area contributed by atoms with Crippen LogP contribution < -0.4 is 0 Å². The molecule has 33 heavy (non-hydrogen) atoms. The van der Waals surface area contributed by atoms with E-state index in [2.05, 4.69) is 13.8 Å². The van der Waals surface area contributed by atoms with E-state index in [-0.39, 0.29) is 17.6 Å². The fraction of sp³-hybridized carbons (Fsp3) is 0.800. The largest absolute Gasteiger partial charge is 0.378 e. The molecule has 5 atom stereocenters. The highest BCUT2D eigenvalue weighted by molar-refractivity contribution is 5.39. The number of ether oxygens (including phenoxy) is 1. The number of hydrogen-bond donors (Lipinski definition) is 0. The molecule has 1 aromatic carbocycles. The Balaban J connectivity index is 1.36. The Morgan fingerprint density at radius 1 is 0.879 bits per heavy atom. The summed E-state index contributed by atoms with van der Waals surface area (Å²) < 4.78 is 37.1. The number of unbranched alkanes of at least 4 members (excludes halogenated alkanes) is 4. The number of fused-ring (bicyclic) bond motifs is 2. The molecule has 1 nitrogen and oxygen atoms in total. The van der Waals surface area contributed by atoms with Gasteiger partial charge in [0.1, 0.15) is 11.6 Å². The molecule has 0 bridgehead atoms. The Morgan fingerprint density at radius 3 is 2.45 bits per heavy atom. The molecule has 4 rings (SSSR count). The van der Waals surface area contributed by atoms with Crippen molar-refractivity contribution in [3.05, 3.63) is 34.4 Å². The van der Waals surface area contributed by atoms with Gasteiger partial charge in [0, 0.05) is 12.2 Å². The molecule has 0 spiro atoms. The van der Waals surface area contributed by atoms with Crippen molar-refractivity contribution in [3.8, 4) is 0 Å². The van der Waals surface area contributed by atoms with Gasteiger partial charge in [-0.3, -0.25) is 0 Å². The van der Waals surface area contributed by atoms with E-state index in [4.69, 9.17) is 4.74 Å². The van der Waals surface area contributed by atoms with E-state index in [1.807, 2.05) is 0 Å². The maximum Gasteiger partial charge on any atom is 0.133 e. The van der Waals surface area contributed by atoms with Crippen molar-refractivity contribution >= 4 is 0 Å². The predicted molar refractivity (Wildman–Crippen MR) is 133 cm³/mol. The van der Waals surface area contributed by atoms with Gasteiger partial charge in [-0.15, -0.1) is 0 Å². The van der Waals surface area contributed by atoms with E-state index >= 15 is 8.78 Å². The molecule has 1 aromatic rings. The minimum atomic E-state index is -0.267. The highest BCUT2D eigenvalue weighted by Crippen LogP contribution is 2.48. The first-order chi connectivity index (χ1) is 16.1. The van der Waals surface area contributed by atoms with Gasteiger partial charge in [-0.1, -0.05) is 52.4 Å². The van der Waals surface area contributed by atoms with Crippen LogP contribution in [0.1, 0.15) is 126 Å². The zero-order chi connectivity index (χ0) is 23.2. The minimum Gasteiger partial charge on any atom is -0.378 e. The third-order valence-corrected chi connectivity index (χ3v) is 9.05. The minimum absolute atomic E-state index is 0.0563. The number of benzene rings is 1. The van der Waals surface area contributed by atoms with Crippen LogP contribution >= 0.6 is 0 Å². The summed E-state index contributed by atoms with van der Waals surface area (Å²) in [7, 11) is 0. The fourth-order valence-electron chi connectivity index (χ4n) is 7.11. The molecule has 0 saturated heterocycles. The Hall–Kier alpha value is -0.960. The van der Waals surface area contributed by atoms with E-state index in [0.29, 0.717) is 29.4 Å². The monoisotopic (exact) mass is 460 g/mol. The molecule has 2 saturated carbocycles. The van der Waals surface area contributed by atoms with Crippen LogP contribution in [0.3, 0.4) is 0 Å². The van der Waals surface area contributed by atoms with Gasteiger partial charge in [0.15, 0.2) is 0 Å². The second-order valence-electron chi connectivity index (χ2n) is 11.4. The summed E-state index contributed by atoms with van der Waals surface area (Å²) in [6.45, 7) is 5.34. The third-order valence-electron chi connectivity index (χ3n) is 9.05. The van der Waals surface area contributed by atoms with Crippen molar-refractivity contribution in [2.45, 2.75) is 129 Å². The molecule has 0 aliphatic heterocycles. The number of halogens is 2. The first-order valence-electron chi connectivity index (χ1n) is 14.2. The van der Waals surface area contributed by atoms with E-state index in [9.17, 15) is 0 Å². The molecule has 186 valence electrons. The van der Waals surface area contributed by atoms with Gasteiger partial charge >= 0.3 is 0 Å². The second kappa shape index (κ2) is 12.1. The SMILES string of the molecule is CCCCCOC1CCC2CC(c3c(F)cc4c(c3F)CCC(CCCCC)C4)CCC2C1. The van der Waals surface area contributed by atoms with Crippen LogP contribution in [0, 0.1) is 29.4 Å². The maximum absolute atomic E-state index is 15.7. The highest BCUT2D eigenvalue weighted by Gasteiger charge is 2.38. The van der Waals surface area contributed by atoms with Crippen LogP contribution in [0.5, 0.6) is 0 Å². The summed E-state index contributed by atoms with van der Waals surface area (Å²) in [4.78, 5) is 0. The van der Waals surface area contributed by atoms with Crippen LogP contribution in [-0.4, -0.2) is 12.7 Å². The molecular weight excluding hydrogens is 414 g/mol. The average Bonchev–Trinajstić information content (AvgIpc) is 2.82. The van der Waals surface area contributed by atoms with E-state index in [1.165, 1.54) is 44.9 Å². The van der Waals surface area contributed by atoms with Gasteiger partial charge < -0.3 is 4.74 Å². The van der Waals surface area contributed by atoms with Crippen molar-refractivity contribution in [2.75, 3.05) is 6.61 Å². The van der Waals surface area contributed by atoms with Gasteiger partial charge in [-0.2, -0.15) is 0 Å². The predicted octanol–water partition coefficient (Wildman–Crippen LogP) is 8.91. The lowest BCUT2D eigenvalue weighted by Gasteiger charge is -2.42. The molecule has 3 aliphatic rings. The van der Waals surface area contributed by atoms with Gasteiger partial charge in [0.05, 0.1) is 6.10 Å². The van der Waals surface area contributed by atoms with Crippen LogP contribution in [0.25, 0.3) is 0 Å². The molecule has 0 radical (unpaired) electrons. The quantitative estimate of drug-likeness (QED) is 0.317. The maximum atomic E-state index is 15.7. The Morgan fingerprint density at radius 2 is 1.64 bits per heavy atom. The van der Waals surface area contributed by atoms with Gasteiger partial charge in [-0.05, 0) is 105 Å². The first-order valence-corrected chi connectivity index (χ1v) is 14.2. The molecule has 0 heterocycles. The topological polar surface area (TPSA) is 9.23 Å². The normalized spacial score (nSPS) is 29.5. The van der Waals surface area contributed by atoms with Crippen molar-refractivity contribution in [3.63, 3.8) is 0 Å². The Labute approximate surface area is 201 Å². The molecule has 5 unspecified atom stereocenters. The van der Waals surface area contributed by atoms with Gasteiger partial charge in [0.2, 0.25) is 0 Å². The summed E-state index contributed by atoms with van der Waals surface area (Å²) in [6, 6.07) is 1.72. The molecular formula is C30H46F2O. The highest BCUT2D eigenvalue weighted by atomic mass is 19.1. The Bertz CT molecular complexity index is 760. The lowest BCUT2D eigenvalue weighted by molar-refractivity contribution is -0.0165. The van der Waals surface area contributed by atoms with Gasteiger partial charge in [-0.25, -0.2) is 8.78 Å². The summed E-state index contributed by atoms with van der Waals surface area (Å²) in [6.07, 6.45) is 18.1. The van der Waals surface area contributed by atoms with Crippen LogP contribution in [-0.2, 0) is 17.6 Å². The fourth-order valence-corrected chi connectivity index (χ4v) is 7.11. The second-order valence-corrected chi connectivity index (χ2v) is 11.4. The van der Waals surface area contributed by atoms with Crippen molar-refractivity contribution in [2.24, 2.45) is 17.8 Å². The third kappa shape index (κ3) is 6.19. The summed E-state index contributed by atoms with van der Waals surface area (Å²) in [5.74, 6) is 1.49. The molecule has 3 heteroatoms. The number of hydrogen-bond acceptors (Lipinski definition) is 1. The zero-order valence-electron chi connectivity index (χ0n) is 21.1. The molecule has 0 N–H and O–H groups in total. The van der Waals surface area contributed by atoms with Crippen LogP contribution in [0.15, 0.2) is 6.07 Å². The standard InChI is InChI=1S/C30H46F2O/c1-3-5-7-9-21-10-15-27-25(17-21)20-28(31)29(30(27)32)24-12-11-23-19-26(14-13-22(23)18-24)33-16-8-6-4-2/h20-24,26H,3-19H2,1-2H3. The van der Waals surface area contributed by atoms with E-state index in [0.717, 1.165) is 75.5 Å². The smallest absolute Gasteiger partial charge is 0.133 e. The van der Waals surface area contributed by atoms with E-state index in [1.54, 1.807) is 6.07 Å². The van der Waals surface area contributed by atoms with Crippen LogP contribution in [0.2, 0.25) is 0 Å². The van der Waals surface area contributed by atoms with Crippen LogP contribution in [0.4, 0.5) is 8.78 Å². The Kier molecular flexibility index (Phi) is 9.25. The van der Waals surface area contributed by atoms with Gasteiger partial charge in [0.25, 0.3) is 0 Å². The summed E-state index contributed by atoms with van der Waals surface area (Å²) >= 11 is 0. The summed E-state index contributed by atoms with van der Waals surface area (Å²) in [5.41, 5.74) is 2.22. The zero-order valence-corrected chi connectivity index (χ0v) is 21.1.